The number of nitrogen functional groups attached to an aromatic ring is 1. The first-order valence-electron chi connectivity index (χ1n) is 5.68. The number of esters is 1. The predicted octanol–water partition coefficient (Wildman–Crippen LogP) is 2.92. The summed E-state index contributed by atoms with van der Waals surface area (Å²) in [4.78, 5) is 11.6. The van der Waals surface area contributed by atoms with Crippen molar-refractivity contribution < 1.29 is 9.53 Å². The number of hydrogen-bond acceptors (Lipinski definition) is 3. The topological polar surface area (TPSA) is 52.3 Å². The molecule has 0 aliphatic carbocycles. The molecule has 1 aromatic carbocycles. The van der Waals surface area contributed by atoms with Crippen molar-refractivity contribution in [3.63, 3.8) is 0 Å². The molecule has 0 saturated carbocycles. The molecule has 16 heavy (non-hydrogen) atoms. The summed E-state index contributed by atoms with van der Waals surface area (Å²) in [5.74, 6) is -0.265. The number of aryl methyl sites for hydroxylation is 1. The van der Waals surface area contributed by atoms with Crippen LogP contribution in [0, 0.1) is 6.92 Å². The number of nitrogens with two attached hydrogens (primary N) is 1. The SMILES string of the molecule is CCCCCOC(=O)c1ccc(N)c(C)c1. The number of benzene rings is 1. The van der Waals surface area contributed by atoms with Crippen LogP contribution < -0.4 is 5.73 Å². The zero-order chi connectivity index (χ0) is 12.0. The fourth-order valence-electron chi connectivity index (χ4n) is 1.40. The van der Waals surface area contributed by atoms with Gasteiger partial charge in [0, 0.05) is 5.69 Å². The van der Waals surface area contributed by atoms with E-state index in [1.807, 2.05) is 6.92 Å². The molecule has 0 saturated heterocycles. The molecule has 0 amide bonds. The van der Waals surface area contributed by atoms with Gasteiger partial charge in [-0.25, -0.2) is 4.79 Å². The maximum atomic E-state index is 11.6. The van der Waals surface area contributed by atoms with Gasteiger partial charge < -0.3 is 10.5 Å². The maximum Gasteiger partial charge on any atom is 0.338 e. The lowest BCUT2D eigenvalue weighted by molar-refractivity contribution is 0.0498. The number of hydrogen-bond donors (Lipinski definition) is 1. The molecule has 3 heteroatoms. The lowest BCUT2D eigenvalue weighted by Gasteiger charge is -2.06. The highest BCUT2D eigenvalue weighted by molar-refractivity contribution is 5.90. The molecule has 0 aromatic heterocycles. The third-order valence-corrected chi connectivity index (χ3v) is 2.49. The highest BCUT2D eigenvalue weighted by Crippen LogP contribution is 2.13. The smallest absolute Gasteiger partial charge is 0.338 e. The molecule has 0 aliphatic rings. The van der Waals surface area contributed by atoms with Crippen LogP contribution in [0.4, 0.5) is 5.69 Å². The molecule has 1 aromatic rings. The number of carbonyl (C=O) groups excluding carboxylic acids is 1. The van der Waals surface area contributed by atoms with E-state index in [1.165, 1.54) is 0 Å². The van der Waals surface area contributed by atoms with E-state index in [2.05, 4.69) is 6.92 Å². The minimum Gasteiger partial charge on any atom is -0.462 e. The Balaban J connectivity index is 2.50. The molecule has 2 N–H and O–H groups in total. The summed E-state index contributed by atoms with van der Waals surface area (Å²) >= 11 is 0. The first-order valence-corrected chi connectivity index (χ1v) is 5.68. The van der Waals surface area contributed by atoms with Gasteiger partial charge in [0.25, 0.3) is 0 Å². The number of anilines is 1. The minimum atomic E-state index is -0.265. The molecule has 0 radical (unpaired) electrons. The fraction of sp³-hybridized carbons (Fsp3) is 0.462. The predicted molar refractivity (Wildman–Crippen MR) is 65.4 cm³/mol. The van der Waals surface area contributed by atoms with Crippen LogP contribution in [0.1, 0.15) is 42.1 Å². The van der Waals surface area contributed by atoms with E-state index in [0.29, 0.717) is 17.9 Å². The van der Waals surface area contributed by atoms with Gasteiger partial charge >= 0.3 is 5.97 Å². The Kier molecular flexibility index (Phi) is 4.83. The summed E-state index contributed by atoms with van der Waals surface area (Å²) in [6, 6.07) is 5.19. The summed E-state index contributed by atoms with van der Waals surface area (Å²) in [5, 5.41) is 0. The molecule has 0 fully saturated rings. The van der Waals surface area contributed by atoms with Crippen LogP contribution in [0.2, 0.25) is 0 Å². The molecular weight excluding hydrogens is 202 g/mol. The Morgan fingerprint density at radius 1 is 1.38 bits per heavy atom. The Bertz CT molecular complexity index is 361. The van der Waals surface area contributed by atoms with Crippen LogP contribution in [-0.4, -0.2) is 12.6 Å². The number of unbranched alkanes of at least 4 members (excludes halogenated alkanes) is 2. The van der Waals surface area contributed by atoms with Crippen LogP contribution >= 0.6 is 0 Å². The molecule has 0 heterocycles. The number of rotatable bonds is 5. The van der Waals surface area contributed by atoms with Crippen LogP contribution in [0.25, 0.3) is 0 Å². The van der Waals surface area contributed by atoms with Crippen LogP contribution in [-0.2, 0) is 4.74 Å². The Labute approximate surface area is 96.6 Å². The Morgan fingerprint density at radius 3 is 2.75 bits per heavy atom. The number of ether oxygens (including phenoxy) is 1. The molecule has 0 spiro atoms. The third kappa shape index (κ3) is 3.57. The average Bonchev–Trinajstić information content (AvgIpc) is 2.28. The highest BCUT2D eigenvalue weighted by Gasteiger charge is 2.07. The van der Waals surface area contributed by atoms with Crippen molar-refractivity contribution in [3.05, 3.63) is 29.3 Å². The van der Waals surface area contributed by atoms with Crippen molar-refractivity contribution in [3.8, 4) is 0 Å². The molecule has 0 aliphatic heterocycles. The average molecular weight is 221 g/mol. The summed E-state index contributed by atoms with van der Waals surface area (Å²) < 4.78 is 5.15. The molecule has 0 unspecified atom stereocenters. The van der Waals surface area contributed by atoms with Gasteiger partial charge in [-0.3, -0.25) is 0 Å². The summed E-state index contributed by atoms with van der Waals surface area (Å²) in [7, 11) is 0. The van der Waals surface area contributed by atoms with Crippen LogP contribution in [0.3, 0.4) is 0 Å². The van der Waals surface area contributed by atoms with E-state index in [9.17, 15) is 4.79 Å². The monoisotopic (exact) mass is 221 g/mol. The lowest BCUT2D eigenvalue weighted by atomic mass is 10.1. The Morgan fingerprint density at radius 2 is 2.12 bits per heavy atom. The van der Waals surface area contributed by atoms with Crippen molar-refractivity contribution in [2.75, 3.05) is 12.3 Å². The van der Waals surface area contributed by atoms with E-state index >= 15 is 0 Å². The van der Waals surface area contributed by atoms with Gasteiger partial charge in [-0.1, -0.05) is 19.8 Å². The standard InChI is InChI=1S/C13H19NO2/c1-3-4-5-8-16-13(15)11-6-7-12(14)10(2)9-11/h6-7,9H,3-5,8,14H2,1-2H3. The normalized spacial score (nSPS) is 10.1. The minimum absolute atomic E-state index is 0.265. The van der Waals surface area contributed by atoms with Gasteiger partial charge in [-0.15, -0.1) is 0 Å². The zero-order valence-electron chi connectivity index (χ0n) is 9.95. The second-order valence-electron chi connectivity index (χ2n) is 3.91. The van der Waals surface area contributed by atoms with E-state index in [4.69, 9.17) is 10.5 Å². The molecular formula is C13H19NO2. The van der Waals surface area contributed by atoms with Gasteiger partial charge in [-0.05, 0) is 37.1 Å². The van der Waals surface area contributed by atoms with Crippen LogP contribution in [0.15, 0.2) is 18.2 Å². The summed E-state index contributed by atoms with van der Waals surface area (Å²) in [5.41, 5.74) is 7.85. The molecule has 0 atom stereocenters. The summed E-state index contributed by atoms with van der Waals surface area (Å²) in [6.45, 7) is 4.49. The van der Waals surface area contributed by atoms with Crippen molar-refractivity contribution in [1.82, 2.24) is 0 Å². The van der Waals surface area contributed by atoms with E-state index in [1.54, 1.807) is 18.2 Å². The van der Waals surface area contributed by atoms with Gasteiger partial charge in [0.15, 0.2) is 0 Å². The molecule has 0 bridgehead atoms. The van der Waals surface area contributed by atoms with Gasteiger partial charge in [0.1, 0.15) is 0 Å². The lowest BCUT2D eigenvalue weighted by Crippen LogP contribution is -2.07. The largest absolute Gasteiger partial charge is 0.462 e. The van der Waals surface area contributed by atoms with Crippen LogP contribution in [0.5, 0.6) is 0 Å². The zero-order valence-corrected chi connectivity index (χ0v) is 9.95. The first-order chi connectivity index (χ1) is 7.65. The fourth-order valence-corrected chi connectivity index (χ4v) is 1.40. The second kappa shape index (κ2) is 6.16. The summed E-state index contributed by atoms with van der Waals surface area (Å²) in [6.07, 6.45) is 3.14. The third-order valence-electron chi connectivity index (χ3n) is 2.49. The maximum absolute atomic E-state index is 11.6. The Hall–Kier alpha value is -1.51. The van der Waals surface area contributed by atoms with Crippen molar-refractivity contribution >= 4 is 11.7 Å². The van der Waals surface area contributed by atoms with E-state index < -0.39 is 0 Å². The van der Waals surface area contributed by atoms with Gasteiger partial charge in [-0.2, -0.15) is 0 Å². The van der Waals surface area contributed by atoms with Crippen molar-refractivity contribution in [1.29, 1.82) is 0 Å². The molecule has 1 rings (SSSR count). The first kappa shape index (κ1) is 12.6. The van der Waals surface area contributed by atoms with Crippen molar-refractivity contribution in [2.45, 2.75) is 33.1 Å². The van der Waals surface area contributed by atoms with Gasteiger partial charge in [0.2, 0.25) is 0 Å². The molecule has 3 nitrogen and oxygen atoms in total. The highest BCUT2D eigenvalue weighted by atomic mass is 16.5. The number of carbonyl (C=O) groups is 1. The second-order valence-corrected chi connectivity index (χ2v) is 3.91. The van der Waals surface area contributed by atoms with E-state index in [0.717, 1.165) is 24.8 Å². The van der Waals surface area contributed by atoms with E-state index in [-0.39, 0.29) is 5.97 Å². The van der Waals surface area contributed by atoms with Gasteiger partial charge in [0.05, 0.1) is 12.2 Å². The molecule has 88 valence electrons. The quantitative estimate of drug-likeness (QED) is 0.472. The van der Waals surface area contributed by atoms with Crippen molar-refractivity contribution in [2.24, 2.45) is 0 Å².